The van der Waals surface area contributed by atoms with Gasteiger partial charge in [-0.1, -0.05) is 84.9 Å². The highest BCUT2D eigenvalue weighted by Gasteiger charge is 2.29. The van der Waals surface area contributed by atoms with E-state index < -0.39 is 11.9 Å². The van der Waals surface area contributed by atoms with Crippen LogP contribution in [0.25, 0.3) is 21.7 Å². The number of aryl methyl sites for hydroxylation is 1. The summed E-state index contributed by atoms with van der Waals surface area (Å²) < 4.78 is 0. The number of carbonyl (C=O) groups is 2. The predicted octanol–water partition coefficient (Wildman–Crippen LogP) is 5.95. The van der Waals surface area contributed by atoms with Crippen LogP contribution in [0.3, 0.4) is 0 Å². The normalized spacial score (nSPS) is 16.3. The summed E-state index contributed by atoms with van der Waals surface area (Å²) in [6.45, 7) is 1.00. The number of benzene rings is 4. The zero-order valence-electron chi connectivity index (χ0n) is 21.6. The van der Waals surface area contributed by atoms with E-state index in [-0.39, 0.29) is 0 Å². The summed E-state index contributed by atoms with van der Waals surface area (Å²) in [5, 5.41) is 22.7. The lowest BCUT2D eigenvalue weighted by Gasteiger charge is -2.35. The van der Waals surface area contributed by atoms with Crippen molar-refractivity contribution in [2.75, 3.05) is 6.54 Å². The van der Waals surface area contributed by atoms with Crippen LogP contribution in [-0.4, -0.2) is 39.7 Å². The van der Waals surface area contributed by atoms with Crippen molar-refractivity contribution < 1.29 is 19.8 Å². The number of hydrogen-bond acceptors (Lipinski definition) is 3. The Morgan fingerprint density at radius 2 is 1.56 bits per heavy atom. The second-order valence-electron chi connectivity index (χ2n) is 10.0. The standard InChI is InChI=1S/C31H30N2.C2H2O4/c1-2-9-25-19-22(13-14-23(25)7-1)20-29-27-10-4-3-8-24(27)15-16-31(29)32-18-17-26-21-33-30-12-6-5-11-28(26)30;3-1(4)2(5)6/h1-14,19,21,29,31-33H,15-18,20H2;(H,3,4)(H,5,6)/t29-,31-;/m1./s1. The Bertz CT molecular complexity index is 1590. The van der Waals surface area contributed by atoms with Crippen molar-refractivity contribution in [1.29, 1.82) is 0 Å². The maximum absolute atomic E-state index is 9.10. The number of carboxylic acid groups (broad SMARTS) is 2. The molecule has 0 radical (unpaired) electrons. The smallest absolute Gasteiger partial charge is 0.414 e. The third-order valence-corrected chi connectivity index (χ3v) is 7.59. The van der Waals surface area contributed by atoms with Gasteiger partial charge >= 0.3 is 11.9 Å². The Kier molecular flexibility index (Phi) is 8.04. The van der Waals surface area contributed by atoms with Crippen LogP contribution in [0.1, 0.15) is 34.6 Å². The van der Waals surface area contributed by atoms with E-state index in [1.807, 2.05) is 0 Å². The molecule has 1 aliphatic rings. The highest BCUT2D eigenvalue weighted by Crippen LogP contribution is 2.35. The second-order valence-corrected chi connectivity index (χ2v) is 10.0. The fourth-order valence-corrected chi connectivity index (χ4v) is 5.70. The predicted molar refractivity (Wildman–Crippen MR) is 154 cm³/mol. The number of rotatable bonds is 6. The third-order valence-electron chi connectivity index (χ3n) is 7.59. The number of nitrogens with one attached hydrogen (secondary N) is 2. The minimum absolute atomic E-state index is 0.497. The van der Waals surface area contributed by atoms with Crippen LogP contribution in [0.5, 0.6) is 0 Å². The quantitative estimate of drug-likeness (QED) is 0.207. The van der Waals surface area contributed by atoms with E-state index in [9.17, 15) is 0 Å². The Labute approximate surface area is 227 Å². The number of carboxylic acids is 2. The number of fused-ring (bicyclic) bond motifs is 3. The lowest BCUT2D eigenvalue weighted by atomic mass is 9.76. The lowest BCUT2D eigenvalue weighted by molar-refractivity contribution is -0.159. The summed E-state index contributed by atoms with van der Waals surface area (Å²) >= 11 is 0. The number of aromatic amines is 1. The first-order valence-electron chi connectivity index (χ1n) is 13.3. The molecule has 4 N–H and O–H groups in total. The van der Waals surface area contributed by atoms with Gasteiger partial charge in [-0.05, 0) is 71.3 Å². The summed E-state index contributed by atoms with van der Waals surface area (Å²) in [6.07, 6.45) is 6.66. The van der Waals surface area contributed by atoms with Gasteiger partial charge in [0.1, 0.15) is 0 Å². The Morgan fingerprint density at radius 1 is 0.846 bits per heavy atom. The minimum Gasteiger partial charge on any atom is -0.473 e. The third kappa shape index (κ3) is 6.19. The summed E-state index contributed by atoms with van der Waals surface area (Å²) in [5.41, 5.74) is 7.12. The Balaban J connectivity index is 0.000000465. The Morgan fingerprint density at radius 3 is 2.38 bits per heavy atom. The molecule has 39 heavy (non-hydrogen) atoms. The first-order valence-corrected chi connectivity index (χ1v) is 13.3. The van der Waals surface area contributed by atoms with Crippen LogP contribution in [0, 0.1) is 0 Å². The molecule has 2 atom stereocenters. The van der Waals surface area contributed by atoms with E-state index in [2.05, 4.69) is 107 Å². The molecule has 6 rings (SSSR count). The average Bonchev–Trinajstić information content (AvgIpc) is 3.37. The van der Waals surface area contributed by atoms with Gasteiger partial charge in [0.05, 0.1) is 0 Å². The molecule has 0 fully saturated rings. The molecular formula is C33H32N2O4. The topological polar surface area (TPSA) is 102 Å². The maximum Gasteiger partial charge on any atom is 0.414 e. The van der Waals surface area contributed by atoms with Gasteiger partial charge < -0.3 is 20.5 Å². The van der Waals surface area contributed by atoms with E-state index in [0.29, 0.717) is 12.0 Å². The van der Waals surface area contributed by atoms with Crippen LogP contribution in [0.4, 0.5) is 0 Å². The molecule has 4 aromatic carbocycles. The van der Waals surface area contributed by atoms with Crippen LogP contribution in [0.2, 0.25) is 0 Å². The van der Waals surface area contributed by atoms with Crippen molar-refractivity contribution in [1.82, 2.24) is 10.3 Å². The van der Waals surface area contributed by atoms with Gasteiger partial charge in [-0.3, -0.25) is 0 Å². The van der Waals surface area contributed by atoms with E-state index in [1.54, 1.807) is 0 Å². The minimum atomic E-state index is -1.82. The van der Waals surface area contributed by atoms with Gasteiger partial charge in [0.25, 0.3) is 0 Å². The highest BCUT2D eigenvalue weighted by atomic mass is 16.4. The molecule has 0 bridgehead atoms. The largest absolute Gasteiger partial charge is 0.473 e. The van der Waals surface area contributed by atoms with E-state index in [4.69, 9.17) is 19.8 Å². The first kappa shape index (κ1) is 26.2. The zero-order chi connectivity index (χ0) is 27.2. The molecule has 0 saturated carbocycles. The summed E-state index contributed by atoms with van der Waals surface area (Å²) in [4.78, 5) is 21.6. The summed E-state index contributed by atoms with van der Waals surface area (Å²) in [7, 11) is 0. The molecule has 1 aliphatic carbocycles. The van der Waals surface area contributed by atoms with Crippen molar-refractivity contribution in [3.05, 3.63) is 119 Å². The highest BCUT2D eigenvalue weighted by molar-refractivity contribution is 6.27. The fraction of sp³-hybridized carbons (Fsp3) is 0.212. The van der Waals surface area contributed by atoms with Crippen LogP contribution in [-0.2, 0) is 28.9 Å². The Hall–Kier alpha value is -4.42. The van der Waals surface area contributed by atoms with Crippen molar-refractivity contribution in [3.63, 3.8) is 0 Å². The number of para-hydroxylation sites is 1. The maximum atomic E-state index is 9.10. The number of hydrogen-bond donors (Lipinski definition) is 4. The first-order chi connectivity index (χ1) is 19.0. The molecule has 0 spiro atoms. The molecule has 6 heteroatoms. The van der Waals surface area contributed by atoms with Crippen molar-refractivity contribution in [3.8, 4) is 0 Å². The van der Waals surface area contributed by atoms with Crippen molar-refractivity contribution in [2.24, 2.45) is 0 Å². The van der Waals surface area contributed by atoms with Gasteiger partial charge in [0.2, 0.25) is 0 Å². The number of aliphatic carboxylic acids is 2. The van der Waals surface area contributed by atoms with Crippen molar-refractivity contribution in [2.45, 2.75) is 37.6 Å². The number of H-pyrrole nitrogens is 1. The van der Waals surface area contributed by atoms with E-state index in [1.165, 1.54) is 50.4 Å². The van der Waals surface area contributed by atoms with Crippen molar-refractivity contribution >= 4 is 33.6 Å². The second kappa shape index (κ2) is 12.0. The molecule has 0 unspecified atom stereocenters. The van der Waals surface area contributed by atoms with E-state index in [0.717, 1.165) is 25.8 Å². The lowest BCUT2D eigenvalue weighted by Crippen LogP contribution is -2.40. The van der Waals surface area contributed by atoms with Gasteiger partial charge in [-0.25, -0.2) is 9.59 Å². The molecular weight excluding hydrogens is 488 g/mol. The van der Waals surface area contributed by atoms with Gasteiger partial charge in [0, 0.05) is 29.1 Å². The molecule has 0 saturated heterocycles. The van der Waals surface area contributed by atoms with Crippen LogP contribution in [0.15, 0.2) is 97.2 Å². The molecule has 1 heterocycles. The van der Waals surface area contributed by atoms with Gasteiger partial charge in [-0.2, -0.15) is 0 Å². The molecule has 0 amide bonds. The van der Waals surface area contributed by atoms with Crippen LogP contribution < -0.4 is 5.32 Å². The fourth-order valence-electron chi connectivity index (χ4n) is 5.70. The van der Waals surface area contributed by atoms with E-state index >= 15 is 0 Å². The monoisotopic (exact) mass is 520 g/mol. The zero-order valence-corrected chi connectivity index (χ0v) is 21.6. The SMILES string of the molecule is O=C(O)C(=O)O.c1ccc2c(c1)CC[C@@H](NCCc1c[nH]c3ccccc13)[C@@H]2Cc1ccc2ccccc2c1. The number of aromatic nitrogens is 1. The summed E-state index contributed by atoms with van der Waals surface area (Å²) in [6, 6.07) is 33.8. The molecule has 1 aromatic heterocycles. The molecule has 6 nitrogen and oxygen atoms in total. The molecule has 5 aromatic rings. The molecule has 198 valence electrons. The summed E-state index contributed by atoms with van der Waals surface area (Å²) in [5.74, 6) is -3.15. The average molecular weight is 521 g/mol. The van der Waals surface area contributed by atoms with Gasteiger partial charge in [0.15, 0.2) is 0 Å². The molecule has 0 aliphatic heterocycles. The van der Waals surface area contributed by atoms with Crippen LogP contribution >= 0.6 is 0 Å². The van der Waals surface area contributed by atoms with Gasteiger partial charge in [-0.15, -0.1) is 0 Å².